The van der Waals surface area contributed by atoms with Crippen molar-refractivity contribution in [3.8, 4) is 0 Å². The number of ether oxygens (including phenoxy) is 1. The van der Waals surface area contributed by atoms with Crippen LogP contribution >= 0.6 is 0 Å². The van der Waals surface area contributed by atoms with Crippen molar-refractivity contribution >= 4 is 5.78 Å². The topological polar surface area (TPSA) is 26.3 Å². The van der Waals surface area contributed by atoms with E-state index >= 15 is 0 Å². The lowest BCUT2D eigenvalue weighted by Crippen LogP contribution is -2.12. The third-order valence-electron chi connectivity index (χ3n) is 3.45. The summed E-state index contributed by atoms with van der Waals surface area (Å²) in [6.07, 6.45) is 2.08. The van der Waals surface area contributed by atoms with Crippen molar-refractivity contribution in [1.82, 2.24) is 0 Å². The Hall–Kier alpha value is -1.15. The molecule has 2 heteroatoms. The molecule has 0 aliphatic rings. The maximum Gasteiger partial charge on any atom is 0.137 e. The summed E-state index contributed by atoms with van der Waals surface area (Å²) in [5, 5.41) is 0. The van der Waals surface area contributed by atoms with Gasteiger partial charge in [-0.1, -0.05) is 45.0 Å². The summed E-state index contributed by atoms with van der Waals surface area (Å²) in [6, 6.07) is 8.39. The second-order valence-electron chi connectivity index (χ2n) is 6.25. The minimum Gasteiger partial charge on any atom is -0.382 e. The van der Waals surface area contributed by atoms with Crippen molar-refractivity contribution in [2.45, 2.75) is 58.5 Å². The van der Waals surface area contributed by atoms with E-state index in [0.717, 1.165) is 12.0 Å². The molecule has 0 fully saturated rings. The summed E-state index contributed by atoms with van der Waals surface area (Å²) >= 11 is 0. The van der Waals surface area contributed by atoms with Crippen LogP contribution in [-0.4, -0.2) is 19.0 Å². The van der Waals surface area contributed by atoms with Crippen molar-refractivity contribution in [1.29, 1.82) is 0 Å². The molecule has 1 atom stereocenters. The monoisotopic (exact) mass is 262 g/mol. The van der Waals surface area contributed by atoms with Gasteiger partial charge in [0, 0.05) is 20.0 Å². The molecule has 1 aromatic carbocycles. The Morgan fingerprint density at radius 2 is 1.79 bits per heavy atom. The number of rotatable bonds is 6. The van der Waals surface area contributed by atoms with Crippen LogP contribution in [0.25, 0.3) is 0 Å². The van der Waals surface area contributed by atoms with E-state index in [0.29, 0.717) is 12.8 Å². The summed E-state index contributed by atoms with van der Waals surface area (Å²) in [6.45, 7) is 8.57. The summed E-state index contributed by atoms with van der Waals surface area (Å²) in [5.74, 6) is 0.285. The van der Waals surface area contributed by atoms with Gasteiger partial charge in [0.15, 0.2) is 0 Å². The lowest BCUT2D eigenvalue weighted by molar-refractivity contribution is -0.119. The van der Waals surface area contributed by atoms with Gasteiger partial charge in [-0.3, -0.25) is 4.79 Å². The minimum absolute atomic E-state index is 0.159. The molecule has 0 aromatic heterocycles. The summed E-state index contributed by atoms with van der Waals surface area (Å²) < 4.78 is 5.15. The maximum absolute atomic E-state index is 11.9. The van der Waals surface area contributed by atoms with Gasteiger partial charge in [-0.15, -0.1) is 0 Å². The summed E-state index contributed by atoms with van der Waals surface area (Å²) in [4.78, 5) is 11.9. The molecule has 0 radical (unpaired) electrons. The van der Waals surface area contributed by atoms with Gasteiger partial charge in [0.2, 0.25) is 0 Å². The van der Waals surface area contributed by atoms with Gasteiger partial charge < -0.3 is 4.74 Å². The molecule has 106 valence electrons. The molecule has 0 aliphatic carbocycles. The first-order valence-electron chi connectivity index (χ1n) is 6.97. The van der Waals surface area contributed by atoms with Gasteiger partial charge in [-0.2, -0.15) is 0 Å². The van der Waals surface area contributed by atoms with Gasteiger partial charge >= 0.3 is 0 Å². The average Bonchev–Trinajstić information content (AvgIpc) is 2.35. The Bertz CT molecular complexity index is 398. The first-order valence-corrected chi connectivity index (χ1v) is 6.97. The zero-order chi connectivity index (χ0) is 14.5. The Morgan fingerprint density at radius 1 is 1.21 bits per heavy atom. The fourth-order valence-corrected chi connectivity index (χ4v) is 1.92. The Labute approximate surface area is 117 Å². The molecular weight excluding hydrogens is 236 g/mol. The van der Waals surface area contributed by atoms with Crippen LogP contribution in [-0.2, 0) is 21.4 Å². The number of Topliss-reactive ketones (excluding diaryl/α,β-unsaturated/α-hetero) is 1. The van der Waals surface area contributed by atoms with Gasteiger partial charge in [0.1, 0.15) is 5.78 Å². The van der Waals surface area contributed by atoms with Gasteiger partial charge in [0.25, 0.3) is 0 Å². The fourth-order valence-electron chi connectivity index (χ4n) is 1.92. The van der Waals surface area contributed by atoms with E-state index in [1.54, 1.807) is 7.11 Å². The number of benzene rings is 1. The molecule has 1 aromatic rings. The molecular formula is C17H26O2. The highest BCUT2D eigenvalue weighted by molar-refractivity contribution is 5.80. The van der Waals surface area contributed by atoms with E-state index in [2.05, 4.69) is 45.0 Å². The van der Waals surface area contributed by atoms with E-state index in [4.69, 9.17) is 4.74 Å². The molecule has 19 heavy (non-hydrogen) atoms. The number of ketones is 1. The number of hydrogen-bond acceptors (Lipinski definition) is 2. The minimum atomic E-state index is 0.159. The van der Waals surface area contributed by atoms with Crippen LogP contribution in [0.3, 0.4) is 0 Å². The Morgan fingerprint density at radius 3 is 2.26 bits per heavy atom. The van der Waals surface area contributed by atoms with Crippen molar-refractivity contribution in [3.05, 3.63) is 35.4 Å². The number of hydrogen-bond donors (Lipinski definition) is 0. The van der Waals surface area contributed by atoms with E-state index in [1.807, 2.05) is 6.92 Å². The zero-order valence-corrected chi connectivity index (χ0v) is 12.8. The second-order valence-corrected chi connectivity index (χ2v) is 6.25. The SMILES string of the molecule is COC(C)CCC(=O)Cc1ccc(C(C)(C)C)cc1. The number of carbonyl (C=O) groups excluding carboxylic acids is 1. The highest BCUT2D eigenvalue weighted by Gasteiger charge is 2.13. The Balaban J connectivity index is 2.51. The highest BCUT2D eigenvalue weighted by atomic mass is 16.5. The van der Waals surface area contributed by atoms with E-state index < -0.39 is 0 Å². The molecule has 2 nitrogen and oxygen atoms in total. The normalized spacial score (nSPS) is 13.3. The van der Waals surface area contributed by atoms with Crippen LogP contribution in [0.4, 0.5) is 0 Å². The van der Waals surface area contributed by atoms with Crippen LogP contribution in [0.15, 0.2) is 24.3 Å². The lowest BCUT2D eigenvalue weighted by Gasteiger charge is -2.19. The van der Waals surface area contributed by atoms with Crippen molar-refractivity contribution in [2.24, 2.45) is 0 Å². The Kier molecular flexibility index (Phi) is 5.74. The molecule has 1 unspecified atom stereocenters. The van der Waals surface area contributed by atoms with Crippen LogP contribution in [0.2, 0.25) is 0 Å². The van der Waals surface area contributed by atoms with E-state index in [1.165, 1.54) is 5.56 Å². The quantitative estimate of drug-likeness (QED) is 0.777. The average molecular weight is 262 g/mol. The molecule has 0 heterocycles. The third kappa shape index (κ3) is 5.56. The predicted molar refractivity (Wildman–Crippen MR) is 79.6 cm³/mol. The van der Waals surface area contributed by atoms with E-state index in [9.17, 15) is 4.79 Å². The number of carbonyl (C=O) groups is 1. The van der Waals surface area contributed by atoms with Crippen LogP contribution in [0, 0.1) is 0 Å². The van der Waals surface area contributed by atoms with Gasteiger partial charge in [-0.25, -0.2) is 0 Å². The van der Waals surface area contributed by atoms with Gasteiger partial charge in [-0.05, 0) is 29.9 Å². The molecule has 0 bridgehead atoms. The second kappa shape index (κ2) is 6.85. The van der Waals surface area contributed by atoms with Gasteiger partial charge in [0.05, 0.1) is 6.10 Å². The fraction of sp³-hybridized carbons (Fsp3) is 0.588. The predicted octanol–water partition coefficient (Wildman–Crippen LogP) is 3.91. The summed E-state index contributed by atoms with van der Waals surface area (Å²) in [7, 11) is 1.68. The standard InChI is InChI=1S/C17H26O2/c1-13(19-5)6-11-16(18)12-14-7-9-15(10-8-14)17(2,3)4/h7-10,13H,6,11-12H2,1-5H3. The summed E-state index contributed by atoms with van der Waals surface area (Å²) in [5.41, 5.74) is 2.57. The molecule has 1 rings (SSSR count). The first-order chi connectivity index (χ1) is 8.82. The highest BCUT2D eigenvalue weighted by Crippen LogP contribution is 2.22. The third-order valence-corrected chi connectivity index (χ3v) is 3.45. The van der Waals surface area contributed by atoms with Crippen LogP contribution in [0.1, 0.15) is 51.7 Å². The van der Waals surface area contributed by atoms with Crippen molar-refractivity contribution in [2.75, 3.05) is 7.11 Å². The largest absolute Gasteiger partial charge is 0.382 e. The number of methoxy groups -OCH3 is 1. The van der Waals surface area contributed by atoms with Crippen LogP contribution < -0.4 is 0 Å². The molecule has 0 spiro atoms. The molecule has 0 saturated carbocycles. The van der Waals surface area contributed by atoms with Crippen molar-refractivity contribution < 1.29 is 9.53 Å². The smallest absolute Gasteiger partial charge is 0.137 e. The maximum atomic E-state index is 11.9. The molecule has 0 saturated heterocycles. The molecule has 0 N–H and O–H groups in total. The van der Waals surface area contributed by atoms with E-state index in [-0.39, 0.29) is 17.3 Å². The first kappa shape index (κ1) is 15.9. The van der Waals surface area contributed by atoms with Crippen molar-refractivity contribution in [3.63, 3.8) is 0 Å². The molecule has 0 amide bonds. The van der Waals surface area contributed by atoms with Crippen LogP contribution in [0.5, 0.6) is 0 Å². The zero-order valence-electron chi connectivity index (χ0n) is 12.8. The lowest BCUT2D eigenvalue weighted by atomic mass is 9.86. The molecule has 0 aliphatic heterocycles.